The molecule has 0 atom stereocenters. The maximum atomic E-state index is 12.4. The van der Waals surface area contributed by atoms with Crippen molar-refractivity contribution >= 4 is 11.9 Å². The Hall–Kier alpha value is -3.75. The molecule has 1 aromatic carbocycles. The molecule has 0 bridgehead atoms. The first kappa shape index (κ1) is 21.0. The van der Waals surface area contributed by atoms with E-state index >= 15 is 0 Å². The molecule has 9 nitrogen and oxygen atoms in total. The molecule has 0 N–H and O–H groups in total. The van der Waals surface area contributed by atoms with Gasteiger partial charge in [-0.3, -0.25) is 0 Å². The maximum Gasteiger partial charge on any atom is 0.373 e. The fourth-order valence-electron chi connectivity index (χ4n) is 2.66. The highest BCUT2D eigenvalue weighted by Crippen LogP contribution is 2.30. The van der Waals surface area contributed by atoms with Gasteiger partial charge in [0.15, 0.2) is 11.5 Å². The predicted octanol–water partition coefficient (Wildman–Crippen LogP) is 3.62. The number of carbonyl (C=O) groups excluding carboxylic acids is 2. The molecular weight excluding hydrogens is 394 g/mol. The fraction of sp³-hybridized carbons (Fsp3) is 0.286. The Morgan fingerprint density at radius 3 is 2.47 bits per heavy atom. The number of rotatable bonds is 8. The van der Waals surface area contributed by atoms with Crippen LogP contribution in [0.5, 0.6) is 11.5 Å². The fourth-order valence-corrected chi connectivity index (χ4v) is 2.66. The zero-order valence-electron chi connectivity index (χ0n) is 17.0. The monoisotopic (exact) mass is 415 g/mol. The summed E-state index contributed by atoms with van der Waals surface area (Å²) < 4.78 is 31.3. The quantitative estimate of drug-likeness (QED) is 0.509. The molecule has 0 radical (unpaired) electrons. The van der Waals surface area contributed by atoms with Gasteiger partial charge in [-0.25, -0.2) is 9.59 Å². The van der Waals surface area contributed by atoms with Gasteiger partial charge in [0, 0.05) is 0 Å². The average molecular weight is 415 g/mol. The predicted molar refractivity (Wildman–Crippen MR) is 102 cm³/mol. The molecule has 2 heterocycles. The van der Waals surface area contributed by atoms with E-state index < -0.39 is 11.9 Å². The zero-order valence-corrected chi connectivity index (χ0v) is 17.0. The Balaban J connectivity index is 1.64. The van der Waals surface area contributed by atoms with Crippen molar-refractivity contribution in [2.24, 2.45) is 0 Å². The highest BCUT2D eigenvalue weighted by molar-refractivity contribution is 5.90. The SMILES string of the molecule is COC(=O)c1ccc(COC(=O)c2ccc(OCc3c(C)noc3C)c(OC)c2)o1. The molecule has 2 aromatic heterocycles. The van der Waals surface area contributed by atoms with Crippen molar-refractivity contribution in [3.05, 3.63) is 64.4 Å². The summed E-state index contributed by atoms with van der Waals surface area (Å²) in [5.74, 6) is 0.677. The third-order valence-corrected chi connectivity index (χ3v) is 4.35. The number of furan rings is 1. The van der Waals surface area contributed by atoms with E-state index in [1.54, 1.807) is 12.1 Å². The van der Waals surface area contributed by atoms with Crippen LogP contribution < -0.4 is 9.47 Å². The molecule has 0 aliphatic rings. The molecule has 158 valence electrons. The number of hydrogen-bond donors (Lipinski definition) is 0. The molecule has 3 aromatic rings. The minimum Gasteiger partial charge on any atom is -0.493 e. The first-order valence-corrected chi connectivity index (χ1v) is 8.99. The van der Waals surface area contributed by atoms with E-state index in [1.807, 2.05) is 13.8 Å². The zero-order chi connectivity index (χ0) is 21.7. The maximum absolute atomic E-state index is 12.4. The molecule has 0 aliphatic carbocycles. The summed E-state index contributed by atoms with van der Waals surface area (Å²) in [6.45, 7) is 3.76. The minimum absolute atomic E-state index is 0.0324. The second kappa shape index (κ2) is 9.17. The second-order valence-electron chi connectivity index (χ2n) is 6.29. The van der Waals surface area contributed by atoms with Crippen molar-refractivity contribution < 1.29 is 37.5 Å². The number of methoxy groups -OCH3 is 2. The van der Waals surface area contributed by atoms with Crippen LogP contribution in [0.1, 0.15) is 43.7 Å². The molecule has 9 heteroatoms. The van der Waals surface area contributed by atoms with Gasteiger partial charge in [-0.05, 0) is 44.2 Å². The number of nitrogens with zero attached hydrogens (tertiary/aromatic N) is 1. The first-order chi connectivity index (χ1) is 14.4. The summed E-state index contributed by atoms with van der Waals surface area (Å²) in [5, 5.41) is 3.89. The van der Waals surface area contributed by atoms with Gasteiger partial charge in [0.2, 0.25) is 5.76 Å². The highest BCUT2D eigenvalue weighted by atomic mass is 16.6. The molecule has 30 heavy (non-hydrogen) atoms. The van der Waals surface area contributed by atoms with Gasteiger partial charge < -0.3 is 27.9 Å². The van der Waals surface area contributed by atoms with Crippen molar-refractivity contribution in [3.63, 3.8) is 0 Å². The minimum atomic E-state index is -0.607. The van der Waals surface area contributed by atoms with Crippen LogP contribution in [-0.4, -0.2) is 31.3 Å². The van der Waals surface area contributed by atoms with Crippen molar-refractivity contribution in [3.8, 4) is 11.5 Å². The molecule has 0 spiro atoms. The molecule has 0 fully saturated rings. The van der Waals surface area contributed by atoms with Crippen molar-refractivity contribution in [1.29, 1.82) is 0 Å². The van der Waals surface area contributed by atoms with Crippen molar-refractivity contribution in [2.75, 3.05) is 14.2 Å². The van der Waals surface area contributed by atoms with Crippen LogP contribution >= 0.6 is 0 Å². The van der Waals surface area contributed by atoms with Crippen LogP contribution in [0.3, 0.4) is 0 Å². The number of carbonyl (C=O) groups is 2. The smallest absolute Gasteiger partial charge is 0.373 e. The van der Waals surface area contributed by atoms with Gasteiger partial charge in [0.1, 0.15) is 24.7 Å². The number of benzene rings is 1. The third kappa shape index (κ3) is 4.62. The number of esters is 2. The third-order valence-electron chi connectivity index (χ3n) is 4.35. The second-order valence-corrected chi connectivity index (χ2v) is 6.29. The van der Waals surface area contributed by atoms with Crippen LogP contribution in [0.2, 0.25) is 0 Å². The lowest BCUT2D eigenvalue weighted by Crippen LogP contribution is -2.06. The van der Waals surface area contributed by atoms with Gasteiger partial charge >= 0.3 is 11.9 Å². The summed E-state index contributed by atoms with van der Waals surface area (Å²) in [6.07, 6.45) is 0. The standard InChI is InChI=1S/C21H21NO8/c1-12-16(13(2)30-22-12)11-27-17-7-5-14(9-19(17)25-3)20(23)28-10-15-6-8-18(29-15)21(24)26-4/h5-9H,10-11H2,1-4H3. The first-order valence-electron chi connectivity index (χ1n) is 8.99. The molecule has 0 unspecified atom stereocenters. The summed E-state index contributed by atoms with van der Waals surface area (Å²) in [7, 11) is 2.73. The van der Waals surface area contributed by atoms with Gasteiger partial charge in [0.05, 0.1) is 31.0 Å². The van der Waals surface area contributed by atoms with E-state index in [4.69, 9.17) is 23.2 Å². The Bertz CT molecular complexity index is 1030. The lowest BCUT2D eigenvalue weighted by Gasteiger charge is -2.12. The largest absolute Gasteiger partial charge is 0.493 e. The number of ether oxygens (including phenoxy) is 4. The van der Waals surface area contributed by atoms with E-state index in [-0.39, 0.29) is 24.5 Å². The summed E-state index contributed by atoms with van der Waals surface area (Å²) in [6, 6.07) is 7.69. The Labute approximate surface area is 172 Å². The van der Waals surface area contributed by atoms with Crippen LogP contribution in [0, 0.1) is 13.8 Å². The Kier molecular flexibility index (Phi) is 6.41. The lowest BCUT2D eigenvalue weighted by atomic mass is 10.2. The molecule has 0 aliphatic heterocycles. The van der Waals surface area contributed by atoms with Gasteiger partial charge in [-0.1, -0.05) is 5.16 Å². The Morgan fingerprint density at radius 1 is 1.00 bits per heavy atom. The summed E-state index contributed by atoms with van der Waals surface area (Å²) in [4.78, 5) is 23.8. The topological polar surface area (TPSA) is 110 Å². The van der Waals surface area contributed by atoms with Gasteiger partial charge in [0.25, 0.3) is 0 Å². The summed E-state index contributed by atoms with van der Waals surface area (Å²) in [5.41, 5.74) is 1.88. The van der Waals surface area contributed by atoms with Gasteiger partial charge in [-0.2, -0.15) is 0 Å². The molecular formula is C21H21NO8. The average Bonchev–Trinajstić information content (AvgIpc) is 3.36. The number of aromatic nitrogens is 1. The highest BCUT2D eigenvalue weighted by Gasteiger charge is 2.16. The van der Waals surface area contributed by atoms with E-state index in [0.29, 0.717) is 23.0 Å². The molecule has 0 saturated carbocycles. The molecule has 0 amide bonds. The van der Waals surface area contributed by atoms with E-state index in [1.165, 1.54) is 32.4 Å². The van der Waals surface area contributed by atoms with Gasteiger partial charge in [-0.15, -0.1) is 0 Å². The van der Waals surface area contributed by atoms with Crippen LogP contribution in [0.4, 0.5) is 0 Å². The van der Waals surface area contributed by atoms with E-state index in [0.717, 1.165) is 11.3 Å². The molecule has 0 saturated heterocycles. The lowest BCUT2D eigenvalue weighted by molar-refractivity contribution is 0.0438. The normalized spacial score (nSPS) is 10.5. The number of aryl methyl sites for hydroxylation is 2. The van der Waals surface area contributed by atoms with Crippen molar-refractivity contribution in [1.82, 2.24) is 5.16 Å². The number of hydrogen-bond acceptors (Lipinski definition) is 9. The van der Waals surface area contributed by atoms with E-state index in [2.05, 4.69) is 9.89 Å². The van der Waals surface area contributed by atoms with Crippen LogP contribution in [0.15, 0.2) is 39.3 Å². The summed E-state index contributed by atoms with van der Waals surface area (Å²) >= 11 is 0. The van der Waals surface area contributed by atoms with Crippen LogP contribution in [-0.2, 0) is 22.7 Å². The Morgan fingerprint density at radius 2 is 1.80 bits per heavy atom. The van der Waals surface area contributed by atoms with E-state index in [9.17, 15) is 9.59 Å². The molecule has 3 rings (SSSR count). The van der Waals surface area contributed by atoms with Crippen LogP contribution in [0.25, 0.3) is 0 Å². The van der Waals surface area contributed by atoms with Crippen molar-refractivity contribution in [2.45, 2.75) is 27.1 Å².